The lowest BCUT2D eigenvalue weighted by molar-refractivity contribution is -0.0000765. The Morgan fingerprint density at radius 2 is 2.00 bits per heavy atom. The Morgan fingerprint density at radius 3 is 2.68 bits per heavy atom. The summed E-state index contributed by atoms with van der Waals surface area (Å²) in [4.78, 5) is 16.4. The maximum Gasteiger partial charge on any atom is 0.189 e. The molecule has 3 aromatic rings. The zero-order valence-corrected chi connectivity index (χ0v) is 18.9. The van der Waals surface area contributed by atoms with Gasteiger partial charge in [-0.3, -0.25) is 4.98 Å². The molecule has 160 valence electrons. The van der Waals surface area contributed by atoms with Crippen molar-refractivity contribution in [3.8, 4) is 0 Å². The number of allylic oxidation sites excluding steroid dienone is 1. The predicted molar refractivity (Wildman–Crippen MR) is 127 cm³/mol. The van der Waals surface area contributed by atoms with Crippen molar-refractivity contribution in [3.63, 3.8) is 0 Å². The van der Waals surface area contributed by atoms with Gasteiger partial charge in [0.15, 0.2) is 5.13 Å². The van der Waals surface area contributed by atoms with Crippen molar-refractivity contribution < 1.29 is 5.11 Å². The summed E-state index contributed by atoms with van der Waals surface area (Å²) in [7, 11) is 0. The van der Waals surface area contributed by atoms with E-state index in [1.165, 1.54) is 4.91 Å². The van der Waals surface area contributed by atoms with E-state index in [1.807, 2.05) is 42.6 Å². The summed E-state index contributed by atoms with van der Waals surface area (Å²) < 4.78 is 1.11. The van der Waals surface area contributed by atoms with Crippen molar-refractivity contribution in [2.75, 3.05) is 18.4 Å². The van der Waals surface area contributed by atoms with Gasteiger partial charge in [0.2, 0.25) is 0 Å². The van der Waals surface area contributed by atoms with E-state index >= 15 is 0 Å². The van der Waals surface area contributed by atoms with Crippen LogP contribution in [0, 0.1) is 0 Å². The highest BCUT2D eigenvalue weighted by Gasteiger charge is 2.31. The average molecular weight is 452 g/mol. The van der Waals surface area contributed by atoms with Gasteiger partial charge in [-0.05, 0) is 36.8 Å². The molecular weight excluding hydrogens is 426 g/mol. The second-order valence-electron chi connectivity index (χ2n) is 7.27. The van der Waals surface area contributed by atoms with E-state index in [-0.39, 0.29) is 0 Å². The van der Waals surface area contributed by atoms with Crippen molar-refractivity contribution in [2.45, 2.75) is 29.6 Å². The number of thioether (sulfide) groups is 1. The van der Waals surface area contributed by atoms with Crippen molar-refractivity contribution in [2.24, 2.45) is 0 Å². The highest BCUT2D eigenvalue weighted by Crippen LogP contribution is 2.36. The standard InChI is InChI=1S/C23H25N5OS2/c1-2-11-23(29,19-7-3-5-12-24-19)17-28-14-9-18(10-15-28)30-21-16-26-22(31-21)27-20-8-4-6-13-25-20/h3-10,12-14,16,29H,2,11,15,17H2,1H3,(H,25,26,27). The second kappa shape index (κ2) is 10.1. The lowest BCUT2D eigenvalue weighted by Crippen LogP contribution is -2.40. The van der Waals surface area contributed by atoms with Gasteiger partial charge < -0.3 is 15.3 Å². The van der Waals surface area contributed by atoms with E-state index in [2.05, 4.69) is 50.4 Å². The van der Waals surface area contributed by atoms with Crippen LogP contribution in [-0.4, -0.2) is 38.0 Å². The lowest BCUT2D eigenvalue weighted by atomic mass is 9.92. The van der Waals surface area contributed by atoms with Gasteiger partial charge in [-0.15, -0.1) is 0 Å². The Balaban J connectivity index is 1.35. The van der Waals surface area contributed by atoms with Crippen LogP contribution in [0.2, 0.25) is 0 Å². The van der Waals surface area contributed by atoms with Crippen LogP contribution in [0.15, 0.2) is 82.5 Å². The Bertz CT molecular complexity index is 1040. The number of nitrogens with zero attached hydrogens (tertiary/aromatic N) is 4. The fourth-order valence-electron chi connectivity index (χ4n) is 3.41. The summed E-state index contributed by atoms with van der Waals surface area (Å²) in [6.45, 7) is 3.34. The summed E-state index contributed by atoms with van der Waals surface area (Å²) in [5.74, 6) is 0.785. The molecule has 0 saturated carbocycles. The van der Waals surface area contributed by atoms with Crippen LogP contribution in [0.3, 0.4) is 0 Å². The predicted octanol–water partition coefficient (Wildman–Crippen LogP) is 5.17. The molecule has 2 N–H and O–H groups in total. The molecule has 3 aromatic heterocycles. The molecule has 0 aliphatic carbocycles. The minimum Gasteiger partial charge on any atom is -0.382 e. The first-order valence-corrected chi connectivity index (χ1v) is 11.9. The molecule has 31 heavy (non-hydrogen) atoms. The van der Waals surface area contributed by atoms with Crippen LogP contribution >= 0.6 is 23.1 Å². The Hall–Kier alpha value is -2.68. The number of aromatic nitrogens is 3. The normalized spacial score (nSPS) is 15.4. The Kier molecular flexibility index (Phi) is 7.01. The molecule has 0 spiro atoms. The molecule has 0 bridgehead atoms. The van der Waals surface area contributed by atoms with Crippen LogP contribution in [0.5, 0.6) is 0 Å². The monoisotopic (exact) mass is 451 g/mol. The minimum atomic E-state index is -0.956. The van der Waals surface area contributed by atoms with Crippen molar-refractivity contribution in [1.29, 1.82) is 0 Å². The molecule has 0 aromatic carbocycles. The topological polar surface area (TPSA) is 74.2 Å². The van der Waals surface area contributed by atoms with Crippen molar-refractivity contribution in [3.05, 3.63) is 83.9 Å². The highest BCUT2D eigenvalue weighted by atomic mass is 32.2. The van der Waals surface area contributed by atoms with Gasteiger partial charge in [0, 0.05) is 30.0 Å². The third kappa shape index (κ3) is 5.72. The number of thiazole rings is 1. The van der Waals surface area contributed by atoms with Gasteiger partial charge in [0.05, 0.1) is 22.6 Å². The summed E-state index contributed by atoms with van der Waals surface area (Å²) >= 11 is 3.29. The smallest absolute Gasteiger partial charge is 0.189 e. The maximum absolute atomic E-state index is 11.3. The summed E-state index contributed by atoms with van der Waals surface area (Å²) in [6, 6.07) is 11.5. The minimum absolute atomic E-state index is 0.515. The molecule has 1 aliphatic rings. The molecule has 0 amide bonds. The van der Waals surface area contributed by atoms with Crippen LogP contribution in [0.25, 0.3) is 0 Å². The fraction of sp³-hybridized carbons (Fsp3) is 0.261. The maximum atomic E-state index is 11.3. The van der Waals surface area contributed by atoms with Gasteiger partial charge in [-0.1, -0.05) is 54.7 Å². The molecule has 1 aliphatic heterocycles. The van der Waals surface area contributed by atoms with Gasteiger partial charge in [-0.25, -0.2) is 9.97 Å². The lowest BCUT2D eigenvalue weighted by Gasteiger charge is -2.34. The Labute approximate surface area is 190 Å². The number of nitrogens with one attached hydrogen (secondary N) is 1. The largest absolute Gasteiger partial charge is 0.382 e. The van der Waals surface area contributed by atoms with E-state index in [9.17, 15) is 5.11 Å². The molecular formula is C23H25N5OS2. The quantitative estimate of drug-likeness (QED) is 0.465. The van der Waals surface area contributed by atoms with Crippen molar-refractivity contribution in [1.82, 2.24) is 19.9 Å². The van der Waals surface area contributed by atoms with Gasteiger partial charge in [-0.2, -0.15) is 0 Å². The van der Waals surface area contributed by atoms with E-state index in [0.717, 1.165) is 33.8 Å². The number of anilines is 2. The molecule has 6 nitrogen and oxygen atoms in total. The fourth-order valence-corrected chi connectivity index (χ4v) is 5.28. The van der Waals surface area contributed by atoms with Crippen LogP contribution in [-0.2, 0) is 5.60 Å². The number of hydrogen-bond acceptors (Lipinski definition) is 8. The molecule has 0 saturated heterocycles. The second-order valence-corrected chi connectivity index (χ2v) is 9.68. The molecule has 4 rings (SSSR count). The Morgan fingerprint density at radius 1 is 1.16 bits per heavy atom. The average Bonchev–Trinajstić information content (AvgIpc) is 3.23. The molecule has 8 heteroatoms. The molecule has 1 unspecified atom stereocenters. The highest BCUT2D eigenvalue weighted by molar-refractivity contribution is 8.05. The van der Waals surface area contributed by atoms with E-state index in [4.69, 9.17) is 0 Å². The third-order valence-electron chi connectivity index (χ3n) is 4.85. The number of β-amino-alcohol motifs (C(OH)–C–C–N with tert-alkyl or cyclic N) is 1. The summed E-state index contributed by atoms with van der Waals surface area (Å²) in [5, 5.41) is 15.3. The molecule has 0 radical (unpaired) electrons. The summed E-state index contributed by atoms with van der Waals surface area (Å²) in [6.07, 6.45) is 13.3. The number of pyridine rings is 2. The number of rotatable bonds is 9. The van der Waals surface area contributed by atoms with Gasteiger partial charge in [0.1, 0.15) is 11.4 Å². The van der Waals surface area contributed by atoms with Gasteiger partial charge >= 0.3 is 0 Å². The first-order valence-electron chi connectivity index (χ1n) is 10.2. The van der Waals surface area contributed by atoms with Gasteiger partial charge in [0.25, 0.3) is 0 Å². The first kappa shape index (κ1) is 21.5. The van der Waals surface area contributed by atoms with Crippen LogP contribution in [0.4, 0.5) is 10.9 Å². The van der Waals surface area contributed by atoms with Crippen LogP contribution in [0.1, 0.15) is 25.5 Å². The molecule has 1 atom stereocenters. The molecule has 4 heterocycles. The third-order valence-corrected chi connectivity index (χ3v) is 6.90. The summed E-state index contributed by atoms with van der Waals surface area (Å²) in [5.41, 5.74) is -0.227. The SMILES string of the molecule is CCCC(O)(CN1C=CC(Sc2cnc(Nc3ccccn3)s2)=CC1)c1ccccn1. The van der Waals surface area contributed by atoms with Crippen molar-refractivity contribution >= 4 is 34.0 Å². The zero-order chi connectivity index (χ0) is 21.5. The first-order chi connectivity index (χ1) is 15.1. The molecule has 0 fully saturated rings. The number of aliphatic hydroxyl groups is 1. The number of hydrogen-bond donors (Lipinski definition) is 2. The van der Waals surface area contributed by atoms with E-state index < -0.39 is 5.60 Å². The zero-order valence-electron chi connectivity index (χ0n) is 17.3. The van der Waals surface area contributed by atoms with E-state index in [0.29, 0.717) is 13.0 Å². The van der Waals surface area contributed by atoms with Crippen LogP contribution < -0.4 is 5.32 Å². The van der Waals surface area contributed by atoms with E-state index in [1.54, 1.807) is 35.5 Å².